The molecule has 1 aromatic heterocycles. The molecule has 0 aliphatic rings. The number of fused-ring (bicyclic) bond motifs is 1. The van der Waals surface area contributed by atoms with Gasteiger partial charge in [-0.2, -0.15) is 0 Å². The lowest BCUT2D eigenvalue weighted by atomic mass is 10.1. The number of aryl methyl sites for hydroxylation is 2. The lowest BCUT2D eigenvalue weighted by molar-refractivity contribution is -0.143. The van der Waals surface area contributed by atoms with Gasteiger partial charge < -0.3 is 14.5 Å². The summed E-state index contributed by atoms with van der Waals surface area (Å²) in [5.74, 6) is 0.661. The van der Waals surface area contributed by atoms with Crippen LogP contribution in [0.25, 0.3) is 10.9 Å². The van der Waals surface area contributed by atoms with Gasteiger partial charge in [0.05, 0.1) is 13.0 Å². The zero-order valence-corrected chi connectivity index (χ0v) is 16.6. The minimum absolute atomic E-state index is 0.167. The highest BCUT2D eigenvalue weighted by Crippen LogP contribution is 2.24. The van der Waals surface area contributed by atoms with Crippen LogP contribution in [0.15, 0.2) is 46.9 Å². The van der Waals surface area contributed by atoms with Crippen LogP contribution in [0, 0.1) is 6.92 Å². The average Bonchev–Trinajstić information content (AvgIpc) is 3.03. The summed E-state index contributed by atoms with van der Waals surface area (Å²) in [5.41, 5.74) is 4.39. The van der Waals surface area contributed by atoms with Crippen LogP contribution >= 0.6 is 15.9 Å². The summed E-state index contributed by atoms with van der Waals surface area (Å²) in [7, 11) is 0. The second kappa shape index (κ2) is 8.41. The number of hydrogen-bond acceptors (Lipinski definition) is 3. The summed E-state index contributed by atoms with van der Waals surface area (Å²) in [6.07, 6.45) is 1.02. The van der Waals surface area contributed by atoms with Crippen LogP contribution in [0.2, 0.25) is 0 Å². The van der Waals surface area contributed by atoms with Gasteiger partial charge in [0.1, 0.15) is 12.4 Å². The normalized spacial score (nSPS) is 10.9. The second-order valence-corrected chi connectivity index (χ2v) is 7.08. The largest absolute Gasteiger partial charge is 0.489 e. The fourth-order valence-corrected chi connectivity index (χ4v) is 3.08. The van der Waals surface area contributed by atoms with E-state index in [0.29, 0.717) is 26.1 Å². The highest BCUT2D eigenvalue weighted by atomic mass is 79.9. The Kier molecular flexibility index (Phi) is 5.99. The van der Waals surface area contributed by atoms with Gasteiger partial charge in [0.25, 0.3) is 0 Å². The number of aromatic nitrogens is 1. The maximum absolute atomic E-state index is 11.5. The van der Waals surface area contributed by atoms with E-state index in [1.54, 1.807) is 0 Å². The zero-order valence-electron chi connectivity index (χ0n) is 15.0. The molecule has 0 amide bonds. The molecule has 0 aliphatic carbocycles. The fraction of sp³-hybridized carbons (Fsp3) is 0.286. The van der Waals surface area contributed by atoms with Crippen molar-refractivity contribution in [3.05, 3.63) is 63.8 Å². The lowest BCUT2D eigenvalue weighted by Crippen LogP contribution is -2.05. The number of carbonyl (C=O) groups excluding carboxylic acids is 1. The summed E-state index contributed by atoms with van der Waals surface area (Å²) in [6.45, 7) is 4.83. The molecule has 2 aromatic carbocycles. The first-order valence-corrected chi connectivity index (χ1v) is 9.49. The number of esters is 1. The number of benzene rings is 2. The highest BCUT2D eigenvalue weighted by molar-refractivity contribution is 9.10. The first-order chi connectivity index (χ1) is 12.5. The first-order valence-electron chi connectivity index (χ1n) is 8.70. The van der Waals surface area contributed by atoms with Crippen molar-refractivity contribution in [2.24, 2.45) is 0 Å². The molecule has 136 valence electrons. The van der Waals surface area contributed by atoms with E-state index in [9.17, 15) is 4.79 Å². The molecule has 3 rings (SSSR count). The number of ether oxygens (including phenoxy) is 2. The van der Waals surface area contributed by atoms with Crippen molar-refractivity contribution in [2.45, 2.75) is 33.3 Å². The van der Waals surface area contributed by atoms with Crippen LogP contribution in [0.1, 0.15) is 30.2 Å². The Hall–Kier alpha value is -2.27. The SMILES string of the molecule is CCOC(=O)CCc1cc2cc(OCc3ccc(Br)c(C)c3)ccc2[nH]1. The topological polar surface area (TPSA) is 51.3 Å². The number of halogens is 1. The van der Waals surface area contributed by atoms with Crippen LogP contribution in [-0.2, 0) is 22.6 Å². The monoisotopic (exact) mass is 415 g/mol. The first kappa shape index (κ1) is 18.5. The maximum Gasteiger partial charge on any atom is 0.306 e. The smallest absolute Gasteiger partial charge is 0.306 e. The minimum atomic E-state index is -0.167. The van der Waals surface area contributed by atoms with Gasteiger partial charge >= 0.3 is 5.97 Å². The summed E-state index contributed by atoms with van der Waals surface area (Å²) < 4.78 is 12.0. The quantitative estimate of drug-likeness (QED) is 0.531. The van der Waals surface area contributed by atoms with Crippen molar-refractivity contribution in [3.8, 4) is 5.75 Å². The third-order valence-electron chi connectivity index (χ3n) is 4.18. The molecule has 0 saturated heterocycles. The van der Waals surface area contributed by atoms with Gasteiger partial charge in [0, 0.05) is 21.1 Å². The van der Waals surface area contributed by atoms with Crippen molar-refractivity contribution in [1.29, 1.82) is 0 Å². The van der Waals surface area contributed by atoms with Gasteiger partial charge in [-0.05, 0) is 61.7 Å². The molecule has 1 heterocycles. The minimum Gasteiger partial charge on any atom is -0.489 e. The van der Waals surface area contributed by atoms with Crippen LogP contribution in [-0.4, -0.2) is 17.6 Å². The molecule has 5 heteroatoms. The van der Waals surface area contributed by atoms with Gasteiger partial charge in [-0.3, -0.25) is 4.79 Å². The van der Waals surface area contributed by atoms with E-state index in [2.05, 4.69) is 46.0 Å². The van der Waals surface area contributed by atoms with E-state index in [4.69, 9.17) is 9.47 Å². The van der Waals surface area contributed by atoms with Crippen molar-refractivity contribution in [2.75, 3.05) is 6.61 Å². The molecule has 26 heavy (non-hydrogen) atoms. The maximum atomic E-state index is 11.5. The number of rotatable bonds is 7. The Morgan fingerprint density at radius 1 is 1.15 bits per heavy atom. The predicted octanol–water partition coefficient (Wildman–Crippen LogP) is 5.31. The number of hydrogen-bond donors (Lipinski definition) is 1. The van der Waals surface area contributed by atoms with Crippen LogP contribution in [0.4, 0.5) is 0 Å². The fourth-order valence-electron chi connectivity index (χ4n) is 2.83. The number of aromatic amines is 1. The Balaban J connectivity index is 1.64. The molecular formula is C21H22BrNO3. The summed E-state index contributed by atoms with van der Waals surface area (Å²) in [5, 5.41) is 1.08. The second-order valence-electron chi connectivity index (χ2n) is 6.22. The predicted molar refractivity (Wildman–Crippen MR) is 106 cm³/mol. The number of nitrogens with one attached hydrogen (secondary N) is 1. The van der Waals surface area contributed by atoms with Crippen LogP contribution < -0.4 is 4.74 Å². The summed E-state index contributed by atoms with van der Waals surface area (Å²) in [6, 6.07) is 14.3. The summed E-state index contributed by atoms with van der Waals surface area (Å²) >= 11 is 3.51. The van der Waals surface area contributed by atoms with Crippen molar-refractivity contribution >= 4 is 32.8 Å². The summed E-state index contributed by atoms with van der Waals surface area (Å²) in [4.78, 5) is 14.8. The molecule has 1 N–H and O–H groups in total. The third-order valence-corrected chi connectivity index (χ3v) is 5.07. The molecule has 0 saturated carbocycles. The molecule has 0 spiro atoms. The average molecular weight is 416 g/mol. The standard InChI is InChI=1S/C21H22BrNO3/c1-3-25-21(24)9-5-17-11-16-12-18(6-8-20(16)23-17)26-13-15-4-7-19(22)14(2)10-15/h4,6-8,10-12,23H,3,5,9,13H2,1-2H3. The molecule has 0 unspecified atom stereocenters. The molecule has 0 bridgehead atoms. The molecule has 3 aromatic rings. The molecule has 0 atom stereocenters. The van der Waals surface area contributed by atoms with Crippen molar-refractivity contribution in [3.63, 3.8) is 0 Å². The van der Waals surface area contributed by atoms with Gasteiger partial charge in [-0.25, -0.2) is 0 Å². The number of carbonyl (C=O) groups is 1. The highest BCUT2D eigenvalue weighted by Gasteiger charge is 2.07. The van der Waals surface area contributed by atoms with Gasteiger partial charge in [-0.15, -0.1) is 0 Å². The molecule has 0 aliphatic heterocycles. The Morgan fingerprint density at radius 2 is 2.00 bits per heavy atom. The molecule has 0 fully saturated rings. The molecule has 4 nitrogen and oxygen atoms in total. The Morgan fingerprint density at radius 3 is 2.77 bits per heavy atom. The lowest BCUT2D eigenvalue weighted by Gasteiger charge is -2.08. The Bertz CT molecular complexity index is 917. The van der Waals surface area contributed by atoms with E-state index >= 15 is 0 Å². The van der Waals surface area contributed by atoms with Crippen LogP contribution in [0.3, 0.4) is 0 Å². The van der Waals surface area contributed by atoms with E-state index < -0.39 is 0 Å². The van der Waals surface area contributed by atoms with Gasteiger partial charge in [-0.1, -0.05) is 28.1 Å². The molecular weight excluding hydrogens is 394 g/mol. The zero-order chi connectivity index (χ0) is 18.5. The van der Waals surface area contributed by atoms with E-state index in [1.165, 1.54) is 5.56 Å². The van der Waals surface area contributed by atoms with Crippen molar-refractivity contribution < 1.29 is 14.3 Å². The Labute approximate surface area is 161 Å². The van der Waals surface area contributed by atoms with Gasteiger partial charge in [0.15, 0.2) is 0 Å². The number of H-pyrrole nitrogens is 1. The van der Waals surface area contributed by atoms with Gasteiger partial charge in [0.2, 0.25) is 0 Å². The van der Waals surface area contributed by atoms with E-state index in [0.717, 1.165) is 32.4 Å². The van der Waals surface area contributed by atoms with Crippen LogP contribution in [0.5, 0.6) is 5.75 Å². The molecule has 0 radical (unpaired) electrons. The van der Waals surface area contributed by atoms with E-state index in [-0.39, 0.29) is 5.97 Å². The van der Waals surface area contributed by atoms with E-state index in [1.807, 2.05) is 31.2 Å². The third kappa shape index (κ3) is 4.67. The van der Waals surface area contributed by atoms with Crippen molar-refractivity contribution in [1.82, 2.24) is 4.98 Å².